The fourth-order valence-corrected chi connectivity index (χ4v) is 2.33. The van der Waals surface area contributed by atoms with Crippen LogP contribution in [0.25, 0.3) is 10.8 Å². The maximum absolute atomic E-state index is 12.2. The van der Waals surface area contributed by atoms with Crippen molar-refractivity contribution in [1.82, 2.24) is 15.4 Å². The number of aromatic amines is 1. The Balaban J connectivity index is 1.71. The first-order chi connectivity index (χ1) is 12.7. The maximum Gasteiger partial charge on any atom is 0.491 e. The van der Waals surface area contributed by atoms with E-state index in [4.69, 9.17) is 16.3 Å². The number of hydrogen-bond acceptors (Lipinski definition) is 6. The van der Waals surface area contributed by atoms with Crippen LogP contribution in [-0.4, -0.2) is 33.5 Å². The number of ether oxygens (including phenoxy) is 2. The molecule has 3 rings (SSSR count). The van der Waals surface area contributed by atoms with E-state index in [2.05, 4.69) is 15.0 Å². The van der Waals surface area contributed by atoms with Crippen molar-refractivity contribution in [2.45, 2.75) is 12.8 Å². The fourth-order valence-electron chi connectivity index (χ4n) is 2.15. The molecule has 2 aromatic carbocycles. The molecule has 27 heavy (non-hydrogen) atoms. The molecular weight excluding hydrogens is 391 g/mol. The highest BCUT2D eigenvalue weighted by atomic mass is 35.5. The number of carbonyl (C=O) groups is 2. The van der Waals surface area contributed by atoms with Crippen LogP contribution >= 0.6 is 11.6 Å². The predicted octanol–water partition coefficient (Wildman–Crippen LogP) is 3.44. The fraction of sp³-hybridized carbons (Fsp3) is 0.125. The van der Waals surface area contributed by atoms with Crippen LogP contribution in [0.2, 0.25) is 5.02 Å². The average molecular weight is 400 g/mol. The zero-order valence-corrected chi connectivity index (χ0v) is 14.0. The Labute approximate surface area is 154 Å². The van der Waals surface area contributed by atoms with Gasteiger partial charge in [0.15, 0.2) is 0 Å². The van der Waals surface area contributed by atoms with Crippen LogP contribution in [-0.2, 0) is 16.1 Å². The third-order valence-electron chi connectivity index (χ3n) is 3.38. The lowest BCUT2D eigenvalue weighted by molar-refractivity contribution is -0.193. The van der Waals surface area contributed by atoms with Crippen LogP contribution in [0.5, 0.6) is 5.88 Å². The molecule has 7 nitrogen and oxygen atoms in total. The van der Waals surface area contributed by atoms with E-state index in [0.29, 0.717) is 10.6 Å². The van der Waals surface area contributed by atoms with E-state index in [-0.39, 0.29) is 6.61 Å². The number of fused-ring (bicyclic) bond motifs is 1. The lowest BCUT2D eigenvalue weighted by atomic mass is 10.1. The summed E-state index contributed by atoms with van der Waals surface area (Å²) in [4.78, 5) is 22.4. The summed E-state index contributed by atoms with van der Waals surface area (Å²) < 4.78 is 45.5. The smallest absolute Gasteiger partial charge is 0.470 e. The second-order valence-corrected chi connectivity index (χ2v) is 5.72. The molecule has 140 valence electrons. The number of esters is 2. The van der Waals surface area contributed by atoms with Gasteiger partial charge < -0.3 is 9.47 Å². The van der Waals surface area contributed by atoms with Gasteiger partial charge in [-0.2, -0.15) is 13.2 Å². The number of nitrogens with one attached hydrogen (secondary N) is 1. The maximum atomic E-state index is 12.2. The van der Waals surface area contributed by atoms with E-state index in [1.165, 1.54) is 0 Å². The van der Waals surface area contributed by atoms with Crippen molar-refractivity contribution in [3.63, 3.8) is 0 Å². The lowest BCUT2D eigenvalue weighted by Gasteiger charge is -2.07. The van der Waals surface area contributed by atoms with Gasteiger partial charge in [0.05, 0.1) is 0 Å². The van der Waals surface area contributed by atoms with Crippen molar-refractivity contribution in [2.24, 2.45) is 0 Å². The van der Waals surface area contributed by atoms with Crippen LogP contribution in [0.3, 0.4) is 0 Å². The number of H-pyrrole nitrogens is 1. The number of rotatable bonds is 4. The van der Waals surface area contributed by atoms with E-state index in [1.807, 2.05) is 11.2 Å². The van der Waals surface area contributed by atoms with Crippen LogP contribution in [0.4, 0.5) is 13.2 Å². The van der Waals surface area contributed by atoms with Gasteiger partial charge in [0.25, 0.3) is 5.88 Å². The molecule has 0 aliphatic carbocycles. The molecule has 0 spiro atoms. The monoisotopic (exact) mass is 399 g/mol. The first-order valence-electron chi connectivity index (χ1n) is 7.29. The van der Waals surface area contributed by atoms with Crippen LogP contribution in [0.1, 0.15) is 16.1 Å². The third-order valence-corrected chi connectivity index (χ3v) is 3.61. The van der Waals surface area contributed by atoms with Crippen molar-refractivity contribution in [2.75, 3.05) is 0 Å². The van der Waals surface area contributed by atoms with Gasteiger partial charge in [-0.3, -0.25) is 0 Å². The van der Waals surface area contributed by atoms with Gasteiger partial charge in [-0.1, -0.05) is 40.1 Å². The van der Waals surface area contributed by atoms with Crippen LogP contribution < -0.4 is 4.74 Å². The van der Waals surface area contributed by atoms with E-state index in [9.17, 15) is 22.8 Å². The topological polar surface area (TPSA) is 94.2 Å². The molecule has 0 aliphatic rings. The Hall–Kier alpha value is -3.14. The SMILES string of the molecule is O=C(OC(=O)C(F)(F)F)c1[nH]nnc1OCc1ccc2cc(Cl)ccc2c1. The van der Waals surface area contributed by atoms with Gasteiger partial charge in [0.2, 0.25) is 5.69 Å². The molecule has 1 N–H and O–H groups in total. The second kappa shape index (κ2) is 7.23. The Morgan fingerprint density at radius 3 is 2.56 bits per heavy atom. The zero-order valence-electron chi connectivity index (χ0n) is 13.2. The highest BCUT2D eigenvalue weighted by Crippen LogP contribution is 2.22. The number of halogens is 4. The normalized spacial score (nSPS) is 11.4. The molecule has 1 aromatic heterocycles. The number of nitrogens with zero attached hydrogens (tertiary/aromatic N) is 2. The minimum atomic E-state index is -5.31. The van der Waals surface area contributed by atoms with Crippen LogP contribution in [0.15, 0.2) is 36.4 Å². The molecular formula is C16H9ClF3N3O4. The molecule has 0 unspecified atom stereocenters. The zero-order chi connectivity index (χ0) is 19.6. The number of benzene rings is 2. The third kappa shape index (κ3) is 4.34. The quantitative estimate of drug-likeness (QED) is 0.533. The molecule has 0 bridgehead atoms. The number of alkyl halides is 3. The summed E-state index contributed by atoms with van der Waals surface area (Å²) in [7, 11) is 0. The summed E-state index contributed by atoms with van der Waals surface area (Å²) in [5.41, 5.74) is 0.0821. The molecule has 0 saturated heterocycles. The summed E-state index contributed by atoms with van der Waals surface area (Å²) in [6, 6.07) is 10.7. The van der Waals surface area contributed by atoms with Gasteiger partial charge >= 0.3 is 18.1 Å². The Kier molecular flexibility index (Phi) is 5.00. The Morgan fingerprint density at radius 2 is 1.81 bits per heavy atom. The molecule has 0 fully saturated rings. The highest BCUT2D eigenvalue weighted by molar-refractivity contribution is 6.31. The summed E-state index contributed by atoms with van der Waals surface area (Å²) in [5.74, 6) is -4.65. The molecule has 11 heteroatoms. The van der Waals surface area contributed by atoms with Crippen molar-refractivity contribution < 1.29 is 32.2 Å². The second-order valence-electron chi connectivity index (χ2n) is 5.28. The minimum absolute atomic E-state index is 0.0569. The van der Waals surface area contributed by atoms with E-state index < -0.39 is 29.7 Å². The van der Waals surface area contributed by atoms with Crippen molar-refractivity contribution >= 4 is 34.3 Å². The Bertz CT molecular complexity index is 1020. The minimum Gasteiger partial charge on any atom is -0.470 e. The van der Waals surface area contributed by atoms with Gasteiger partial charge in [-0.25, -0.2) is 14.7 Å². The van der Waals surface area contributed by atoms with Gasteiger partial charge in [0, 0.05) is 5.02 Å². The van der Waals surface area contributed by atoms with Gasteiger partial charge in [-0.15, -0.1) is 0 Å². The molecule has 0 saturated carbocycles. The van der Waals surface area contributed by atoms with Crippen LogP contribution in [0, 0.1) is 0 Å². The van der Waals surface area contributed by atoms with E-state index in [1.54, 1.807) is 30.3 Å². The summed E-state index contributed by atoms with van der Waals surface area (Å²) in [6.07, 6.45) is -5.31. The first-order valence-corrected chi connectivity index (χ1v) is 7.67. The summed E-state index contributed by atoms with van der Waals surface area (Å²) in [6.45, 7) is -0.0569. The lowest BCUT2D eigenvalue weighted by Crippen LogP contribution is -2.28. The largest absolute Gasteiger partial charge is 0.491 e. The van der Waals surface area contributed by atoms with Crippen molar-refractivity contribution in [3.8, 4) is 5.88 Å². The van der Waals surface area contributed by atoms with E-state index >= 15 is 0 Å². The average Bonchev–Trinajstić information content (AvgIpc) is 3.07. The van der Waals surface area contributed by atoms with Crippen molar-refractivity contribution in [3.05, 3.63) is 52.7 Å². The Morgan fingerprint density at radius 1 is 1.11 bits per heavy atom. The van der Waals surface area contributed by atoms with Crippen molar-refractivity contribution in [1.29, 1.82) is 0 Å². The molecule has 0 atom stereocenters. The molecule has 0 aliphatic heterocycles. The van der Waals surface area contributed by atoms with Gasteiger partial charge in [0.1, 0.15) is 6.61 Å². The highest BCUT2D eigenvalue weighted by Gasteiger charge is 2.43. The molecule has 0 radical (unpaired) electrons. The standard InChI is InChI=1S/C16H9ClF3N3O4/c17-11-4-3-9-5-8(1-2-10(9)6-11)7-26-13-12(21-23-22-13)14(24)27-15(25)16(18,19)20/h1-6H,7H2,(H,21,22,23). The first kappa shape index (κ1) is 18.6. The summed E-state index contributed by atoms with van der Waals surface area (Å²) >= 11 is 5.92. The number of carbonyl (C=O) groups excluding carboxylic acids is 2. The number of hydrogen-bond donors (Lipinski definition) is 1. The number of aromatic nitrogens is 3. The molecule has 0 amide bonds. The summed E-state index contributed by atoms with van der Waals surface area (Å²) in [5, 5.41) is 11.2. The predicted molar refractivity (Wildman–Crippen MR) is 86.2 cm³/mol. The molecule has 3 aromatic rings. The molecule has 1 heterocycles. The van der Waals surface area contributed by atoms with Gasteiger partial charge in [-0.05, 0) is 34.5 Å². The van der Waals surface area contributed by atoms with E-state index in [0.717, 1.165) is 10.8 Å².